The molecule has 2 atom stereocenters. The number of hydrogen-bond acceptors (Lipinski definition) is 4. The predicted octanol–water partition coefficient (Wildman–Crippen LogP) is 1.06. The highest BCUT2D eigenvalue weighted by Gasteiger charge is 2.31. The normalized spacial score (nSPS) is 27.1. The van der Waals surface area contributed by atoms with E-state index in [0.717, 1.165) is 24.3 Å². The predicted molar refractivity (Wildman–Crippen MR) is 64.3 cm³/mol. The molecule has 0 saturated carbocycles. The van der Waals surface area contributed by atoms with E-state index in [1.54, 1.807) is 0 Å². The summed E-state index contributed by atoms with van der Waals surface area (Å²) < 4.78 is 0. The summed E-state index contributed by atoms with van der Waals surface area (Å²) in [5.74, 6) is 0.919. The third-order valence-electron chi connectivity index (χ3n) is 3.07. The van der Waals surface area contributed by atoms with Crippen LogP contribution in [0.25, 0.3) is 0 Å². The number of aliphatic hydroxyl groups is 1. The number of aromatic nitrogens is 1. The van der Waals surface area contributed by atoms with E-state index in [0.29, 0.717) is 6.54 Å². The number of anilines is 1. The van der Waals surface area contributed by atoms with Crippen LogP contribution in [0.1, 0.15) is 31.9 Å². The minimum absolute atomic E-state index is 0.0169. The number of nitrogens with two attached hydrogens (primary N) is 1. The third-order valence-corrected chi connectivity index (χ3v) is 3.07. The summed E-state index contributed by atoms with van der Waals surface area (Å²) in [6, 6.07) is 3.99. The molecule has 2 rings (SSSR count). The molecular formula is C12H19N3O. The van der Waals surface area contributed by atoms with Crippen LogP contribution in [0.4, 0.5) is 5.82 Å². The molecule has 0 spiro atoms. The van der Waals surface area contributed by atoms with Gasteiger partial charge in [0, 0.05) is 25.3 Å². The van der Waals surface area contributed by atoms with E-state index in [4.69, 9.17) is 5.73 Å². The number of rotatable bonds is 2. The molecule has 4 heteroatoms. The van der Waals surface area contributed by atoms with E-state index in [-0.39, 0.29) is 6.04 Å². The Hall–Kier alpha value is -1.13. The van der Waals surface area contributed by atoms with Crippen LogP contribution in [0.5, 0.6) is 0 Å². The lowest BCUT2D eigenvalue weighted by atomic mass is 10.1. The van der Waals surface area contributed by atoms with Gasteiger partial charge in [0.1, 0.15) is 5.82 Å². The molecule has 1 aliphatic heterocycles. The van der Waals surface area contributed by atoms with Crippen molar-refractivity contribution in [1.82, 2.24) is 4.98 Å². The van der Waals surface area contributed by atoms with Crippen LogP contribution < -0.4 is 10.6 Å². The molecule has 1 aromatic heterocycles. The summed E-state index contributed by atoms with van der Waals surface area (Å²) >= 11 is 0. The highest BCUT2D eigenvalue weighted by Crippen LogP contribution is 2.25. The van der Waals surface area contributed by atoms with Crippen LogP contribution in [0, 0.1) is 0 Å². The highest BCUT2D eigenvalue weighted by atomic mass is 16.3. The molecule has 88 valence electrons. The molecule has 0 aliphatic carbocycles. The Labute approximate surface area is 96.1 Å². The molecule has 0 bridgehead atoms. The summed E-state index contributed by atoms with van der Waals surface area (Å²) in [6.07, 6.45) is 2.61. The molecule has 1 saturated heterocycles. The second-order valence-corrected chi connectivity index (χ2v) is 4.91. The smallest absolute Gasteiger partial charge is 0.128 e. The van der Waals surface area contributed by atoms with E-state index in [1.807, 2.05) is 32.2 Å². The van der Waals surface area contributed by atoms with Gasteiger partial charge in [-0.25, -0.2) is 4.98 Å². The van der Waals surface area contributed by atoms with E-state index in [9.17, 15) is 5.11 Å². The van der Waals surface area contributed by atoms with Gasteiger partial charge in [-0.05, 0) is 31.9 Å². The van der Waals surface area contributed by atoms with Crippen molar-refractivity contribution in [2.24, 2.45) is 5.73 Å². The largest absolute Gasteiger partial charge is 0.388 e. The van der Waals surface area contributed by atoms with Gasteiger partial charge in [-0.2, -0.15) is 0 Å². The van der Waals surface area contributed by atoms with Crippen LogP contribution in [-0.2, 0) is 0 Å². The third kappa shape index (κ3) is 2.33. The second-order valence-electron chi connectivity index (χ2n) is 4.91. The van der Waals surface area contributed by atoms with E-state index in [2.05, 4.69) is 9.88 Å². The van der Waals surface area contributed by atoms with Crippen molar-refractivity contribution >= 4 is 5.82 Å². The first-order valence-corrected chi connectivity index (χ1v) is 5.67. The minimum Gasteiger partial charge on any atom is -0.388 e. The van der Waals surface area contributed by atoms with Crippen molar-refractivity contribution in [3.05, 3.63) is 23.9 Å². The molecule has 1 aromatic rings. The van der Waals surface area contributed by atoms with E-state index < -0.39 is 5.60 Å². The fraction of sp³-hybridized carbons (Fsp3) is 0.583. The second kappa shape index (κ2) is 4.03. The molecule has 2 heterocycles. The molecule has 3 N–H and O–H groups in total. The van der Waals surface area contributed by atoms with Gasteiger partial charge in [0.15, 0.2) is 0 Å². The van der Waals surface area contributed by atoms with Gasteiger partial charge in [0.05, 0.1) is 5.60 Å². The monoisotopic (exact) mass is 221 g/mol. The van der Waals surface area contributed by atoms with Crippen LogP contribution in [0.2, 0.25) is 0 Å². The summed E-state index contributed by atoms with van der Waals surface area (Å²) in [5.41, 5.74) is 6.22. The van der Waals surface area contributed by atoms with Crippen molar-refractivity contribution in [2.75, 3.05) is 18.0 Å². The SMILES string of the molecule is C[C@@H](N)c1ccc(N2CCC(C)(O)C2)nc1. The van der Waals surface area contributed by atoms with Crippen molar-refractivity contribution < 1.29 is 5.11 Å². The zero-order valence-corrected chi connectivity index (χ0v) is 9.85. The maximum Gasteiger partial charge on any atom is 0.128 e. The van der Waals surface area contributed by atoms with Gasteiger partial charge in [-0.1, -0.05) is 6.07 Å². The zero-order valence-electron chi connectivity index (χ0n) is 9.85. The Morgan fingerprint density at radius 1 is 1.56 bits per heavy atom. The van der Waals surface area contributed by atoms with Crippen molar-refractivity contribution in [2.45, 2.75) is 31.9 Å². The topological polar surface area (TPSA) is 62.4 Å². The van der Waals surface area contributed by atoms with Gasteiger partial charge in [-0.15, -0.1) is 0 Å². The zero-order chi connectivity index (χ0) is 11.8. The van der Waals surface area contributed by atoms with Crippen LogP contribution in [0.15, 0.2) is 18.3 Å². The van der Waals surface area contributed by atoms with Gasteiger partial charge in [0.25, 0.3) is 0 Å². The summed E-state index contributed by atoms with van der Waals surface area (Å²) in [7, 11) is 0. The number of nitrogens with zero attached hydrogens (tertiary/aromatic N) is 2. The molecule has 1 fully saturated rings. The lowest BCUT2D eigenvalue weighted by Crippen LogP contribution is -2.30. The molecule has 0 radical (unpaired) electrons. The fourth-order valence-electron chi connectivity index (χ4n) is 1.99. The average Bonchev–Trinajstić information content (AvgIpc) is 2.59. The van der Waals surface area contributed by atoms with Crippen LogP contribution >= 0.6 is 0 Å². The van der Waals surface area contributed by atoms with Crippen LogP contribution in [-0.4, -0.2) is 28.8 Å². The minimum atomic E-state index is -0.582. The van der Waals surface area contributed by atoms with E-state index >= 15 is 0 Å². The molecule has 1 unspecified atom stereocenters. The first kappa shape index (κ1) is 11.4. The van der Waals surface area contributed by atoms with Gasteiger partial charge in [-0.3, -0.25) is 0 Å². The maximum atomic E-state index is 9.88. The summed E-state index contributed by atoms with van der Waals surface area (Å²) in [5, 5.41) is 9.88. The Morgan fingerprint density at radius 3 is 2.75 bits per heavy atom. The Morgan fingerprint density at radius 2 is 2.31 bits per heavy atom. The molecule has 16 heavy (non-hydrogen) atoms. The van der Waals surface area contributed by atoms with Crippen molar-refractivity contribution in [3.8, 4) is 0 Å². The molecule has 0 amide bonds. The first-order chi connectivity index (χ1) is 7.48. The first-order valence-electron chi connectivity index (χ1n) is 5.67. The van der Waals surface area contributed by atoms with Gasteiger partial charge < -0.3 is 15.7 Å². The maximum absolute atomic E-state index is 9.88. The quantitative estimate of drug-likeness (QED) is 0.784. The standard InChI is InChI=1S/C12H19N3O/c1-9(13)10-3-4-11(14-7-10)15-6-5-12(2,16)8-15/h3-4,7,9,16H,5-6,8,13H2,1-2H3/t9-,12?/m1/s1. The Balaban J connectivity index is 2.11. The van der Waals surface area contributed by atoms with Crippen molar-refractivity contribution in [1.29, 1.82) is 0 Å². The fourth-order valence-corrected chi connectivity index (χ4v) is 1.99. The molecular weight excluding hydrogens is 202 g/mol. The van der Waals surface area contributed by atoms with E-state index in [1.165, 1.54) is 0 Å². The lowest BCUT2D eigenvalue weighted by molar-refractivity contribution is 0.0839. The molecule has 4 nitrogen and oxygen atoms in total. The number of β-amino-alcohol motifs (C(OH)–C–C–N with tert-alkyl or cyclic N) is 1. The summed E-state index contributed by atoms with van der Waals surface area (Å²) in [6.45, 7) is 5.32. The van der Waals surface area contributed by atoms with Crippen molar-refractivity contribution in [3.63, 3.8) is 0 Å². The lowest BCUT2D eigenvalue weighted by Gasteiger charge is -2.20. The number of pyridine rings is 1. The van der Waals surface area contributed by atoms with Crippen LogP contribution in [0.3, 0.4) is 0 Å². The average molecular weight is 221 g/mol. The summed E-state index contributed by atoms with van der Waals surface area (Å²) in [4.78, 5) is 6.48. The molecule has 0 aromatic carbocycles. The Bertz CT molecular complexity index is 359. The highest BCUT2D eigenvalue weighted by molar-refractivity contribution is 5.41. The van der Waals surface area contributed by atoms with Gasteiger partial charge in [0.2, 0.25) is 0 Å². The molecule has 1 aliphatic rings. The Kier molecular flexibility index (Phi) is 2.86. The van der Waals surface area contributed by atoms with Gasteiger partial charge >= 0.3 is 0 Å². The number of hydrogen-bond donors (Lipinski definition) is 2.